The molecule has 4 N–H and O–H groups in total. The largest absolute Gasteiger partial charge is 0.508 e. The van der Waals surface area contributed by atoms with E-state index in [1.807, 2.05) is 6.92 Å². The van der Waals surface area contributed by atoms with Crippen LogP contribution in [-0.4, -0.2) is 53.0 Å². The highest BCUT2D eigenvalue weighted by Crippen LogP contribution is 2.36. The van der Waals surface area contributed by atoms with Crippen molar-refractivity contribution >= 4 is 27.2 Å². The van der Waals surface area contributed by atoms with Gasteiger partial charge in [0.15, 0.2) is 5.82 Å². The zero-order valence-corrected chi connectivity index (χ0v) is 21.4. The molecule has 2 aromatic carbocycles. The van der Waals surface area contributed by atoms with Crippen LogP contribution in [0.5, 0.6) is 5.75 Å². The number of likely N-dealkylation sites (tertiary alicyclic amines) is 1. The summed E-state index contributed by atoms with van der Waals surface area (Å²) < 4.78 is 64.8. The summed E-state index contributed by atoms with van der Waals surface area (Å²) in [6.07, 6.45) is 3.57. The van der Waals surface area contributed by atoms with Crippen molar-refractivity contribution in [3.63, 3.8) is 0 Å². The molecule has 1 aliphatic rings. The number of primary amides is 1. The molecule has 9 nitrogen and oxygen atoms in total. The first kappa shape index (κ1) is 27.5. The van der Waals surface area contributed by atoms with Gasteiger partial charge in [0.25, 0.3) is 5.91 Å². The van der Waals surface area contributed by atoms with Crippen molar-refractivity contribution in [3.05, 3.63) is 65.6 Å². The van der Waals surface area contributed by atoms with Crippen molar-refractivity contribution in [1.29, 1.82) is 0 Å². The van der Waals surface area contributed by atoms with E-state index in [-0.39, 0.29) is 22.9 Å². The van der Waals surface area contributed by atoms with Crippen LogP contribution in [0.25, 0.3) is 0 Å². The molecule has 1 aromatic heterocycles. The molecule has 4 rings (SSSR count). The van der Waals surface area contributed by atoms with Gasteiger partial charge < -0.3 is 16.2 Å². The molecule has 0 spiro atoms. The molecule has 0 atom stereocenters. The molecule has 0 unspecified atom stereocenters. The van der Waals surface area contributed by atoms with E-state index in [2.05, 4.69) is 15.3 Å². The predicted octanol–water partition coefficient (Wildman–Crippen LogP) is 3.97. The third-order valence-electron chi connectivity index (χ3n) is 7.01. The summed E-state index contributed by atoms with van der Waals surface area (Å²) >= 11 is 0. The van der Waals surface area contributed by atoms with Gasteiger partial charge in [0.2, 0.25) is 9.84 Å². The first-order valence-corrected chi connectivity index (χ1v) is 13.5. The molecule has 13 heteroatoms. The number of alkyl halides is 2. The Labute approximate surface area is 218 Å². The minimum atomic E-state index is -4.73. The van der Waals surface area contributed by atoms with Crippen molar-refractivity contribution in [2.24, 2.45) is 5.73 Å². The maximum absolute atomic E-state index is 14.2. The molecule has 0 aliphatic carbocycles. The number of aromatic nitrogens is 2. The van der Waals surface area contributed by atoms with E-state index in [4.69, 9.17) is 5.73 Å². The first-order chi connectivity index (χ1) is 17.9. The normalized spacial score (nSPS) is 16.0. The third-order valence-corrected chi connectivity index (χ3v) is 8.41. The Bertz CT molecular complexity index is 1420. The number of aromatic hydroxyl groups is 1. The Morgan fingerprint density at radius 2 is 1.84 bits per heavy atom. The summed E-state index contributed by atoms with van der Waals surface area (Å²) in [7, 11) is -4.73. The second-order valence-electron chi connectivity index (χ2n) is 9.28. The summed E-state index contributed by atoms with van der Waals surface area (Å²) in [5, 5.41) is 17.2. The summed E-state index contributed by atoms with van der Waals surface area (Å²) in [5.74, 6) is -4.49. The number of anilines is 2. The molecule has 204 valence electrons. The van der Waals surface area contributed by atoms with Crippen LogP contribution in [0, 0.1) is 5.82 Å². The second kappa shape index (κ2) is 10.7. The summed E-state index contributed by atoms with van der Waals surface area (Å²) in [5.41, 5.74) is 6.00. The molecule has 3 aromatic rings. The topological polar surface area (TPSA) is 131 Å². The number of carbonyl (C=O) groups is 1. The lowest BCUT2D eigenvalue weighted by Gasteiger charge is -2.41. The van der Waals surface area contributed by atoms with Gasteiger partial charge in [-0.2, -0.15) is 13.9 Å². The monoisotopic (exact) mass is 551 g/mol. The highest BCUT2D eigenvalue weighted by atomic mass is 32.2. The number of piperidine rings is 1. The van der Waals surface area contributed by atoms with Crippen molar-refractivity contribution in [3.8, 4) is 5.75 Å². The molecule has 1 aliphatic heterocycles. The van der Waals surface area contributed by atoms with Gasteiger partial charge in [0, 0.05) is 37.1 Å². The Kier molecular flexibility index (Phi) is 7.70. The van der Waals surface area contributed by atoms with Gasteiger partial charge in [-0.1, -0.05) is 6.92 Å². The van der Waals surface area contributed by atoms with Crippen molar-refractivity contribution in [1.82, 2.24) is 14.7 Å². The van der Waals surface area contributed by atoms with E-state index in [0.717, 1.165) is 12.1 Å². The van der Waals surface area contributed by atoms with Crippen LogP contribution in [0.4, 0.5) is 24.7 Å². The van der Waals surface area contributed by atoms with Crippen LogP contribution in [-0.2, 0) is 21.9 Å². The van der Waals surface area contributed by atoms with Gasteiger partial charge in [0.1, 0.15) is 17.1 Å². The lowest BCUT2D eigenvalue weighted by Crippen LogP contribution is -2.46. The van der Waals surface area contributed by atoms with E-state index >= 15 is 0 Å². The second-order valence-corrected chi connectivity index (χ2v) is 11.2. The SMILES string of the molecule is CCC1(n2cc(C(N)=O)c(Nc3ccc(S(=O)(=O)C(F)F)cc3)n2)CCN(Cc2cc(O)ccc2F)CC1. The third kappa shape index (κ3) is 5.48. The fourth-order valence-electron chi connectivity index (χ4n) is 4.65. The molecular formula is C25H28F3N5O4S. The quantitative estimate of drug-likeness (QED) is 0.367. The number of nitrogens with two attached hydrogens (primary N) is 1. The molecular weight excluding hydrogens is 523 g/mol. The molecule has 38 heavy (non-hydrogen) atoms. The van der Waals surface area contributed by atoms with Gasteiger partial charge in [-0.25, -0.2) is 12.8 Å². The number of hydrogen-bond donors (Lipinski definition) is 3. The minimum Gasteiger partial charge on any atom is -0.508 e. The Morgan fingerprint density at radius 3 is 2.42 bits per heavy atom. The number of benzene rings is 2. The van der Waals surface area contributed by atoms with E-state index in [0.29, 0.717) is 50.1 Å². The predicted molar refractivity (Wildman–Crippen MR) is 135 cm³/mol. The van der Waals surface area contributed by atoms with E-state index < -0.39 is 31.9 Å². The molecule has 0 bridgehead atoms. The van der Waals surface area contributed by atoms with Crippen LogP contribution in [0.3, 0.4) is 0 Å². The number of rotatable bonds is 9. The number of nitrogens with one attached hydrogen (secondary N) is 1. The fraction of sp³-hybridized carbons (Fsp3) is 0.360. The lowest BCUT2D eigenvalue weighted by molar-refractivity contribution is 0.0899. The van der Waals surface area contributed by atoms with E-state index in [1.54, 1.807) is 10.9 Å². The smallest absolute Gasteiger partial charge is 0.341 e. The van der Waals surface area contributed by atoms with Crippen molar-refractivity contribution in [2.75, 3.05) is 18.4 Å². The summed E-state index contributed by atoms with van der Waals surface area (Å²) in [6.45, 7) is 3.59. The number of hydrogen-bond acceptors (Lipinski definition) is 7. The highest BCUT2D eigenvalue weighted by molar-refractivity contribution is 7.91. The fourth-order valence-corrected chi connectivity index (χ4v) is 5.37. The van der Waals surface area contributed by atoms with E-state index in [1.165, 1.54) is 30.3 Å². The zero-order valence-electron chi connectivity index (χ0n) is 20.6. The van der Waals surface area contributed by atoms with Crippen LogP contribution in [0.1, 0.15) is 42.1 Å². The Balaban J connectivity index is 1.53. The molecule has 1 fully saturated rings. The molecule has 0 saturated carbocycles. The van der Waals surface area contributed by atoms with Crippen LogP contribution in [0.2, 0.25) is 0 Å². The number of carbonyl (C=O) groups excluding carboxylic acids is 1. The zero-order chi connectivity index (χ0) is 27.7. The van der Waals surface area contributed by atoms with Gasteiger partial charge in [-0.3, -0.25) is 14.4 Å². The molecule has 1 saturated heterocycles. The van der Waals surface area contributed by atoms with E-state index in [9.17, 15) is 31.5 Å². The number of nitrogens with zero attached hydrogens (tertiary/aromatic N) is 3. The van der Waals surface area contributed by atoms with Crippen molar-refractivity contribution < 1.29 is 31.5 Å². The maximum Gasteiger partial charge on any atom is 0.341 e. The van der Waals surface area contributed by atoms with Gasteiger partial charge in [-0.15, -0.1) is 0 Å². The van der Waals surface area contributed by atoms with Crippen LogP contribution in [0.15, 0.2) is 53.6 Å². The number of phenols is 1. The Hall–Kier alpha value is -3.58. The number of halogens is 3. The standard InChI is InChI=1S/C25H28F3N5O4S/c1-2-25(9-11-32(12-10-25)14-16-13-18(34)5-8-21(16)26)33-15-20(22(29)35)23(31-33)30-17-3-6-19(7-4-17)38(36,37)24(27)28/h3-8,13,15,24,34H,2,9-12,14H2,1H3,(H2,29,35)(H,30,31). The average Bonchev–Trinajstić information content (AvgIpc) is 3.32. The molecule has 2 heterocycles. The lowest BCUT2D eigenvalue weighted by atomic mass is 9.85. The summed E-state index contributed by atoms with van der Waals surface area (Å²) in [6, 6.07) is 8.64. The number of sulfone groups is 1. The average molecular weight is 552 g/mol. The molecule has 1 amide bonds. The number of phenolic OH excluding ortho intramolecular Hbond substituents is 1. The molecule has 0 radical (unpaired) electrons. The van der Waals surface area contributed by atoms with Gasteiger partial charge >= 0.3 is 5.76 Å². The summed E-state index contributed by atoms with van der Waals surface area (Å²) in [4.78, 5) is 13.7. The minimum absolute atomic E-state index is 0.00199. The first-order valence-electron chi connectivity index (χ1n) is 11.9. The van der Waals surface area contributed by atoms with Crippen LogP contribution < -0.4 is 11.1 Å². The van der Waals surface area contributed by atoms with Gasteiger partial charge in [0.05, 0.1) is 10.4 Å². The Morgan fingerprint density at radius 1 is 1.18 bits per heavy atom. The van der Waals surface area contributed by atoms with Crippen molar-refractivity contribution in [2.45, 2.75) is 48.9 Å². The van der Waals surface area contributed by atoms with Gasteiger partial charge in [-0.05, 0) is 61.7 Å². The number of amides is 1. The maximum atomic E-state index is 14.2. The highest BCUT2D eigenvalue weighted by Gasteiger charge is 2.37. The van der Waals surface area contributed by atoms with Crippen LogP contribution >= 0.6 is 0 Å².